The molecule has 1 fully saturated rings. The van der Waals surface area contributed by atoms with Gasteiger partial charge < -0.3 is 5.32 Å². The summed E-state index contributed by atoms with van der Waals surface area (Å²) in [6, 6.07) is 7.71. The molecule has 2 rings (SSSR count). The Labute approximate surface area is 128 Å². The van der Waals surface area contributed by atoms with Crippen LogP contribution in [0.5, 0.6) is 0 Å². The van der Waals surface area contributed by atoms with Crippen molar-refractivity contribution in [1.82, 2.24) is 9.62 Å². The van der Waals surface area contributed by atoms with E-state index in [2.05, 4.69) is 19.2 Å². The van der Waals surface area contributed by atoms with Gasteiger partial charge in [-0.05, 0) is 57.9 Å². The lowest BCUT2D eigenvalue weighted by atomic mass is 10.1. The van der Waals surface area contributed by atoms with Gasteiger partial charge in [-0.3, -0.25) is 0 Å². The molecule has 1 aromatic carbocycles. The average Bonchev–Trinajstić information content (AvgIpc) is 2.88. The molecular formula is C16H26N2O2S. The molecule has 1 aliphatic heterocycles. The summed E-state index contributed by atoms with van der Waals surface area (Å²) in [7, 11) is -1.49. The highest BCUT2D eigenvalue weighted by molar-refractivity contribution is 7.89. The predicted molar refractivity (Wildman–Crippen MR) is 85.7 cm³/mol. The molecule has 0 spiro atoms. The van der Waals surface area contributed by atoms with Crippen molar-refractivity contribution in [3.8, 4) is 0 Å². The van der Waals surface area contributed by atoms with Gasteiger partial charge in [-0.1, -0.05) is 19.1 Å². The standard InChI is InChI=1S/C16H26N2O2S/c1-5-15-9-6-12(2)18(15)21(19,20)16-10-7-14(8-11-16)13(3)17-4/h7-8,10-13,15,17H,5-6,9H2,1-4H3. The van der Waals surface area contributed by atoms with Gasteiger partial charge in [0, 0.05) is 18.1 Å². The Morgan fingerprint density at radius 3 is 2.43 bits per heavy atom. The van der Waals surface area contributed by atoms with Crippen molar-refractivity contribution in [2.75, 3.05) is 7.05 Å². The summed E-state index contributed by atoms with van der Waals surface area (Å²) in [5, 5.41) is 3.16. The number of hydrogen-bond acceptors (Lipinski definition) is 3. The van der Waals surface area contributed by atoms with Gasteiger partial charge in [0.1, 0.15) is 0 Å². The van der Waals surface area contributed by atoms with Gasteiger partial charge in [-0.15, -0.1) is 0 Å². The van der Waals surface area contributed by atoms with Crippen LogP contribution in [0.15, 0.2) is 29.2 Å². The Morgan fingerprint density at radius 1 is 1.29 bits per heavy atom. The Kier molecular flexibility index (Phi) is 5.07. The Hall–Kier alpha value is -0.910. The third-order valence-corrected chi connectivity index (χ3v) is 6.65. The monoisotopic (exact) mass is 310 g/mol. The predicted octanol–water partition coefficient (Wildman–Crippen LogP) is 2.92. The highest BCUT2D eigenvalue weighted by Gasteiger charge is 2.38. The van der Waals surface area contributed by atoms with Crippen LogP contribution >= 0.6 is 0 Å². The number of nitrogens with zero attached hydrogens (tertiary/aromatic N) is 1. The molecule has 21 heavy (non-hydrogen) atoms. The Balaban J connectivity index is 2.31. The van der Waals surface area contributed by atoms with E-state index in [0.717, 1.165) is 24.8 Å². The van der Waals surface area contributed by atoms with Crippen molar-refractivity contribution in [2.24, 2.45) is 0 Å². The van der Waals surface area contributed by atoms with Crippen LogP contribution in [0.2, 0.25) is 0 Å². The zero-order chi connectivity index (χ0) is 15.6. The second-order valence-electron chi connectivity index (χ2n) is 5.90. The van der Waals surface area contributed by atoms with E-state index in [1.165, 1.54) is 0 Å². The molecule has 0 radical (unpaired) electrons. The first-order chi connectivity index (χ1) is 9.91. The van der Waals surface area contributed by atoms with E-state index < -0.39 is 10.0 Å². The maximum atomic E-state index is 12.9. The van der Waals surface area contributed by atoms with Crippen molar-refractivity contribution < 1.29 is 8.42 Å². The highest BCUT2D eigenvalue weighted by atomic mass is 32.2. The molecule has 4 nitrogen and oxygen atoms in total. The normalized spacial score (nSPS) is 25.1. The average molecular weight is 310 g/mol. The van der Waals surface area contributed by atoms with Crippen LogP contribution in [0, 0.1) is 0 Å². The van der Waals surface area contributed by atoms with E-state index in [-0.39, 0.29) is 18.1 Å². The topological polar surface area (TPSA) is 49.4 Å². The lowest BCUT2D eigenvalue weighted by molar-refractivity contribution is 0.328. The molecule has 3 unspecified atom stereocenters. The third-order valence-electron chi connectivity index (χ3n) is 4.57. The molecule has 1 saturated heterocycles. The first-order valence-electron chi connectivity index (χ1n) is 7.72. The van der Waals surface area contributed by atoms with Gasteiger partial charge in [0.05, 0.1) is 4.90 Å². The Morgan fingerprint density at radius 2 is 1.90 bits per heavy atom. The molecule has 1 aliphatic rings. The van der Waals surface area contributed by atoms with Crippen LogP contribution in [0.3, 0.4) is 0 Å². The fourth-order valence-electron chi connectivity index (χ4n) is 3.08. The zero-order valence-corrected chi connectivity index (χ0v) is 14.2. The maximum absolute atomic E-state index is 12.9. The van der Waals surface area contributed by atoms with Crippen LogP contribution in [0.4, 0.5) is 0 Å². The minimum Gasteiger partial charge on any atom is -0.313 e. The van der Waals surface area contributed by atoms with E-state index >= 15 is 0 Å². The summed E-state index contributed by atoms with van der Waals surface area (Å²) in [5.74, 6) is 0. The first kappa shape index (κ1) is 16.5. The highest BCUT2D eigenvalue weighted by Crippen LogP contribution is 2.32. The van der Waals surface area contributed by atoms with E-state index in [4.69, 9.17) is 0 Å². The van der Waals surface area contributed by atoms with Crippen LogP contribution in [-0.4, -0.2) is 31.9 Å². The second kappa shape index (κ2) is 6.46. The molecule has 5 heteroatoms. The number of nitrogens with one attached hydrogen (secondary N) is 1. The molecule has 0 aromatic heterocycles. The van der Waals surface area contributed by atoms with Crippen LogP contribution in [0.25, 0.3) is 0 Å². The van der Waals surface area contributed by atoms with Gasteiger partial charge in [0.2, 0.25) is 10.0 Å². The molecule has 1 aromatic rings. The summed E-state index contributed by atoms with van der Waals surface area (Å²) in [6.45, 7) is 6.12. The molecule has 3 atom stereocenters. The summed E-state index contributed by atoms with van der Waals surface area (Å²) in [6.07, 6.45) is 2.79. The molecule has 0 amide bonds. The van der Waals surface area contributed by atoms with Gasteiger partial charge in [0.25, 0.3) is 0 Å². The molecule has 0 aliphatic carbocycles. The van der Waals surface area contributed by atoms with E-state index in [1.54, 1.807) is 16.4 Å². The number of hydrogen-bond donors (Lipinski definition) is 1. The number of benzene rings is 1. The van der Waals surface area contributed by atoms with Crippen molar-refractivity contribution in [2.45, 2.75) is 63.1 Å². The van der Waals surface area contributed by atoms with E-state index in [0.29, 0.717) is 4.90 Å². The van der Waals surface area contributed by atoms with Gasteiger partial charge >= 0.3 is 0 Å². The Bertz CT molecular complexity index is 568. The molecule has 1 heterocycles. The summed E-state index contributed by atoms with van der Waals surface area (Å²) in [5.41, 5.74) is 1.10. The SMILES string of the molecule is CCC1CCC(C)N1S(=O)(=O)c1ccc(C(C)NC)cc1. The van der Waals surface area contributed by atoms with Crippen molar-refractivity contribution in [1.29, 1.82) is 0 Å². The second-order valence-corrected chi connectivity index (χ2v) is 7.75. The van der Waals surface area contributed by atoms with Crippen LogP contribution in [0.1, 0.15) is 51.6 Å². The van der Waals surface area contributed by atoms with Gasteiger partial charge in [-0.25, -0.2) is 8.42 Å². The molecular weight excluding hydrogens is 284 g/mol. The minimum atomic E-state index is -3.39. The maximum Gasteiger partial charge on any atom is 0.243 e. The van der Waals surface area contributed by atoms with Crippen molar-refractivity contribution in [3.63, 3.8) is 0 Å². The van der Waals surface area contributed by atoms with Crippen molar-refractivity contribution in [3.05, 3.63) is 29.8 Å². The van der Waals surface area contributed by atoms with Gasteiger partial charge in [-0.2, -0.15) is 4.31 Å². The van der Waals surface area contributed by atoms with E-state index in [9.17, 15) is 8.42 Å². The van der Waals surface area contributed by atoms with Crippen molar-refractivity contribution >= 4 is 10.0 Å². The fraction of sp³-hybridized carbons (Fsp3) is 0.625. The molecule has 0 bridgehead atoms. The third kappa shape index (κ3) is 3.15. The number of sulfonamides is 1. The van der Waals surface area contributed by atoms with E-state index in [1.807, 2.05) is 26.1 Å². The lowest BCUT2D eigenvalue weighted by Gasteiger charge is -2.27. The quantitative estimate of drug-likeness (QED) is 0.909. The van der Waals surface area contributed by atoms with Crippen LogP contribution < -0.4 is 5.32 Å². The van der Waals surface area contributed by atoms with Gasteiger partial charge in [0.15, 0.2) is 0 Å². The summed E-state index contributed by atoms with van der Waals surface area (Å²) in [4.78, 5) is 0.404. The molecule has 0 saturated carbocycles. The molecule has 1 N–H and O–H groups in total. The largest absolute Gasteiger partial charge is 0.313 e. The zero-order valence-electron chi connectivity index (χ0n) is 13.3. The smallest absolute Gasteiger partial charge is 0.243 e. The van der Waals surface area contributed by atoms with Crippen LogP contribution in [-0.2, 0) is 10.0 Å². The lowest BCUT2D eigenvalue weighted by Crippen LogP contribution is -2.39. The first-order valence-corrected chi connectivity index (χ1v) is 9.16. The molecule has 118 valence electrons. The minimum absolute atomic E-state index is 0.0934. The number of rotatable bonds is 5. The summed E-state index contributed by atoms with van der Waals surface area (Å²) < 4.78 is 27.5. The summed E-state index contributed by atoms with van der Waals surface area (Å²) >= 11 is 0. The fourth-order valence-corrected chi connectivity index (χ4v) is 5.03.